The number of hydrogen-bond donors (Lipinski definition) is 1. The van der Waals surface area contributed by atoms with Crippen molar-refractivity contribution in [3.63, 3.8) is 0 Å². The molecule has 0 atom stereocenters. The molecule has 1 aromatic heterocycles. The van der Waals surface area contributed by atoms with E-state index in [2.05, 4.69) is 5.48 Å². The molecule has 1 rings (SSSR count). The molecule has 0 radical (unpaired) electrons. The first-order valence-electron chi connectivity index (χ1n) is 3.30. The summed E-state index contributed by atoms with van der Waals surface area (Å²) < 4.78 is 0.775. The molecule has 0 aromatic carbocycles. The first-order chi connectivity index (χ1) is 5.34. The van der Waals surface area contributed by atoms with Gasteiger partial charge in [0.2, 0.25) is 5.69 Å². The highest BCUT2D eigenvalue weighted by Gasteiger charge is 2.01. The lowest BCUT2D eigenvalue weighted by atomic mass is 10.4. The predicted molar refractivity (Wildman–Crippen MR) is 39.3 cm³/mol. The summed E-state index contributed by atoms with van der Waals surface area (Å²) in [6, 6.07) is 5.18. The summed E-state index contributed by atoms with van der Waals surface area (Å²) >= 11 is 0. The minimum absolute atomic E-state index is 0.279. The average Bonchev–Trinajstić information content (AvgIpc) is 2.03. The summed E-state index contributed by atoms with van der Waals surface area (Å²) in [4.78, 5) is 4.83. The van der Waals surface area contributed by atoms with Crippen LogP contribution in [0.15, 0.2) is 24.4 Å². The first kappa shape index (κ1) is 7.97. The molecule has 0 fully saturated rings. The normalized spacial score (nSPS) is 9.91. The maximum absolute atomic E-state index is 10.9. The van der Waals surface area contributed by atoms with Crippen molar-refractivity contribution in [2.45, 2.75) is 6.61 Å². The van der Waals surface area contributed by atoms with E-state index in [0.717, 1.165) is 4.73 Å². The Morgan fingerprint density at radius 2 is 2.45 bits per heavy atom. The second kappa shape index (κ2) is 3.90. The van der Waals surface area contributed by atoms with Crippen LogP contribution >= 0.6 is 0 Å². The van der Waals surface area contributed by atoms with Gasteiger partial charge in [-0.05, 0) is 6.07 Å². The number of hydroxylamine groups is 1. The second-order valence-corrected chi connectivity index (χ2v) is 2.01. The lowest BCUT2D eigenvalue weighted by Gasteiger charge is -2.02. The van der Waals surface area contributed by atoms with Crippen LogP contribution in [-0.4, -0.2) is 7.05 Å². The zero-order valence-corrected chi connectivity index (χ0v) is 6.28. The molecular formula is C7H10N2O2. The van der Waals surface area contributed by atoms with Crippen molar-refractivity contribution in [3.8, 4) is 0 Å². The second-order valence-electron chi connectivity index (χ2n) is 2.01. The van der Waals surface area contributed by atoms with Gasteiger partial charge in [-0.3, -0.25) is 4.84 Å². The van der Waals surface area contributed by atoms with Gasteiger partial charge >= 0.3 is 0 Å². The first-order valence-corrected chi connectivity index (χ1v) is 3.30. The van der Waals surface area contributed by atoms with Crippen molar-refractivity contribution in [2.75, 3.05) is 7.05 Å². The van der Waals surface area contributed by atoms with E-state index in [-0.39, 0.29) is 6.61 Å². The number of rotatable bonds is 3. The summed E-state index contributed by atoms with van der Waals surface area (Å²) in [5.74, 6) is 0. The van der Waals surface area contributed by atoms with Crippen LogP contribution in [0.3, 0.4) is 0 Å². The third-order valence-electron chi connectivity index (χ3n) is 1.27. The summed E-state index contributed by atoms with van der Waals surface area (Å²) in [6.07, 6.45) is 1.44. The molecule has 0 aliphatic rings. The third-order valence-corrected chi connectivity index (χ3v) is 1.27. The summed E-state index contributed by atoms with van der Waals surface area (Å²) in [5, 5.41) is 10.9. The van der Waals surface area contributed by atoms with Gasteiger partial charge < -0.3 is 5.21 Å². The molecule has 0 saturated heterocycles. The van der Waals surface area contributed by atoms with Crippen LogP contribution < -0.4 is 10.2 Å². The lowest BCUT2D eigenvalue weighted by Crippen LogP contribution is -2.31. The molecule has 4 nitrogen and oxygen atoms in total. The van der Waals surface area contributed by atoms with Crippen LogP contribution in [-0.2, 0) is 11.4 Å². The topological polar surface area (TPSA) is 48.2 Å². The van der Waals surface area contributed by atoms with Gasteiger partial charge in [0, 0.05) is 19.2 Å². The number of aromatic nitrogens is 1. The fourth-order valence-corrected chi connectivity index (χ4v) is 0.722. The van der Waals surface area contributed by atoms with Gasteiger partial charge in [-0.2, -0.15) is 4.73 Å². The Bertz CT molecular complexity index is 227. The van der Waals surface area contributed by atoms with E-state index in [1.165, 1.54) is 6.20 Å². The molecule has 0 aliphatic heterocycles. The number of nitrogens with zero attached hydrogens (tertiary/aromatic N) is 1. The molecule has 0 aliphatic carbocycles. The van der Waals surface area contributed by atoms with Gasteiger partial charge in [-0.1, -0.05) is 0 Å². The highest BCUT2D eigenvalue weighted by Crippen LogP contribution is 1.91. The molecule has 0 unspecified atom stereocenters. The molecule has 0 saturated carbocycles. The monoisotopic (exact) mass is 154 g/mol. The van der Waals surface area contributed by atoms with Crippen LogP contribution in [0.2, 0.25) is 0 Å². The van der Waals surface area contributed by atoms with Gasteiger partial charge in [0.15, 0.2) is 12.8 Å². The quantitative estimate of drug-likeness (QED) is 0.378. The van der Waals surface area contributed by atoms with Crippen LogP contribution in [0.4, 0.5) is 0 Å². The van der Waals surface area contributed by atoms with Crippen LogP contribution in [0.25, 0.3) is 0 Å². The zero-order chi connectivity index (χ0) is 8.10. The van der Waals surface area contributed by atoms with E-state index in [1.54, 1.807) is 25.2 Å². The number of hydrogen-bond acceptors (Lipinski definition) is 3. The van der Waals surface area contributed by atoms with Gasteiger partial charge in [-0.25, -0.2) is 5.48 Å². The number of pyridine rings is 1. The van der Waals surface area contributed by atoms with Crippen molar-refractivity contribution < 1.29 is 9.57 Å². The molecular weight excluding hydrogens is 144 g/mol. The average molecular weight is 154 g/mol. The highest BCUT2D eigenvalue weighted by molar-refractivity contribution is 4.95. The fraction of sp³-hybridized carbons (Fsp3) is 0.286. The van der Waals surface area contributed by atoms with Gasteiger partial charge in [0.1, 0.15) is 0 Å². The van der Waals surface area contributed by atoms with Crippen LogP contribution in [0.1, 0.15) is 5.69 Å². The van der Waals surface area contributed by atoms with E-state index in [4.69, 9.17) is 4.84 Å². The van der Waals surface area contributed by atoms with Crippen molar-refractivity contribution in [1.82, 2.24) is 5.48 Å². The molecule has 1 heterocycles. The molecule has 4 heteroatoms. The predicted octanol–water partition coefficient (Wildman–Crippen LogP) is -0.0290. The highest BCUT2D eigenvalue weighted by atomic mass is 16.6. The van der Waals surface area contributed by atoms with Gasteiger partial charge in [0.25, 0.3) is 0 Å². The van der Waals surface area contributed by atoms with E-state index >= 15 is 0 Å². The summed E-state index contributed by atoms with van der Waals surface area (Å²) in [6.45, 7) is 0.279. The largest absolute Gasteiger partial charge is 0.618 e. The summed E-state index contributed by atoms with van der Waals surface area (Å²) in [7, 11) is 1.65. The molecule has 60 valence electrons. The molecule has 11 heavy (non-hydrogen) atoms. The van der Waals surface area contributed by atoms with E-state index in [9.17, 15) is 5.21 Å². The summed E-state index contributed by atoms with van der Waals surface area (Å²) in [5.41, 5.74) is 3.08. The molecule has 0 spiro atoms. The van der Waals surface area contributed by atoms with Crippen molar-refractivity contribution in [1.29, 1.82) is 0 Å². The Labute approximate surface area is 65.0 Å². The standard InChI is InChI=1S/C7H10N2O2/c1-8-11-6-7-4-2-3-5-9(7)10/h2-5,8H,6H2,1H3. The molecule has 1 N–H and O–H groups in total. The van der Waals surface area contributed by atoms with Gasteiger partial charge in [0.05, 0.1) is 0 Å². The zero-order valence-electron chi connectivity index (χ0n) is 6.28. The number of nitrogens with one attached hydrogen (secondary N) is 1. The van der Waals surface area contributed by atoms with Crippen molar-refractivity contribution in [2.24, 2.45) is 0 Å². The minimum atomic E-state index is 0.279. The van der Waals surface area contributed by atoms with Crippen LogP contribution in [0.5, 0.6) is 0 Å². The Kier molecular flexibility index (Phi) is 2.83. The maximum atomic E-state index is 10.9. The third kappa shape index (κ3) is 2.18. The van der Waals surface area contributed by atoms with E-state index < -0.39 is 0 Å². The van der Waals surface area contributed by atoms with Crippen molar-refractivity contribution in [3.05, 3.63) is 35.3 Å². The van der Waals surface area contributed by atoms with Crippen molar-refractivity contribution >= 4 is 0 Å². The Morgan fingerprint density at radius 1 is 1.64 bits per heavy atom. The Hall–Kier alpha value is -1.13. The Balaban J connectivity index is 2.62. The van der Waals surface area contributed by atoms with E-state index in [0.29, 0.717) is 5.69 Å². The fourth-order valence-electron chi connectivity index (χ4n) is 0.722. The lowest BCUT2D eigenvalue weighted by molar-refractivity contribution is -0.616. The SMILES string of the molecule is CNOCc1cccc[n+]1[O-]. The van der Waals surface area contributed by atoms with Gasteiger partial charge in [-0.15, -0.1) is 0 Å². The minimum Gasteiger partial charge on any atom is -0.618 e. The van der Waals surface area contributed by atoms with E-state index in [1.807, 2.05) is 0 Å². The Morgan fingerprint density at radius 3 is 3.09 bits per heavy atom. The smallest absolute Gasteiger partial charge is 0.220 e. The molecule has 0 amide bonds. The maximum Gasteiger partial charge on any atom is 0.220 e. The molecule has 0 bridgehead atoms. The molecule has 1 aromatic rings. The van der Waals surface area contributed by atoms with Crippen LogP contribution in [0, 0.1) is 5.21 Å².